The number of benzene rings is 4. The van der Waals surface area contributed by atoms with Gasteiger partial charge in [0, 0.05) is 45.1 Å². The number of rotatable bonds is 10. The number of non-ortho nitro benzene ring substituents is 1. The summed E-state index contributed by atoms with van der Waals surface area (Å²) >= 11 is 6.75. The van der Waals surface area contributed by atoms with Crippen LogP contribution < -0.4 is 20.2 Å². The average molecular weight is 722 g/mol. The van der Waals surface area contributed by atoms with E-state index in [1.807, 2.05) is 0 Å². The summed E-state index contributed by atoms with van der Waals surface area (Å²) in [4.78, 5) is 48.2. The Morgan fingerprint density at radius 2 is 1.64 bits per heavy atom. The van der Waals surface area contributed by atoms with Crippen molar-refractivity contribution in [3.05, 3.63) is 132 Å². The SMILES string of the molecule is COc1ccc(C(=O)Nc2cccc(C(=O)NN=Cc3cc(Br)cc(Br)c3OC(=O)/C=C/c3ccc([N+](=O)[O-])cc3)c2)cc1. The molecule has 4 rings (SSSR count). The summed E-state index contributed by atoms with van der Waals surface area (Å²) in [5.74, 6) is -0.835. The van der Waals surface area contributed by atoms with Crippen LogP contribution in [0.2, 0.25) is 0 Å². The lowest BCUT2D eigenvalue weighted by atomic mass is 10.1. The van der Waals surface area contributed by atoms with Crippen molar-refractivity contribution in [3.63, 3.8) is 0 Å². The van der Waals surface area contributed by atoms with E-state index < -0.39 is 16.8 Å². The molecule has 0 spiro atoms. The number of ether oxygens (including phenoxy) is 2. The van der Waals surface area contributed by atoms with Crippen molar-refractivity contribution in [2.24, 2.45) is 5.10 Å². The summed E-state index contributed by atoms with van der Waals surface area (Å²) in [6, 6.07) is 21.9. The fraction of sp³-hybridized carbons (Fsp3) is 0.0323. The molecule has 0 aliphatic heterocycles. The Kier molecular flexibility index (Phi) is 10.7. The van der Waals surface area contributed by atoms with Gasteiger partial charge in [-0.1, -0.05) is 22.0 Å². The summed E-state index contributed by atoms with van der Waals surface area (Å²) in [6.45, 7) is 0. The van der Waals surface area contributed by atoms with Crippen LogP contribution in [-0.2, 0) is 4.79 Å². The predicted octanol–water partition coefficient (Wildman–Crippen LogP) is 6.76. The van der Waals surface area contributed by atoms with E-state index in [0.29, 0.717) is 37.1 Å². The molecule has 222 valence electrons. The highest BCUT2D eigenvalue weighted by Gasteiger charge is 2.14. The normalized spacial score (nSPS) is 10.9. The zero-order chi connectivity index (χ0) is 31.6. The molecule has 0 aliphatic carbocycles. The number of nitrogens with one attached hydrogen (secondary N) is 2. The first-order valence-electron chi connectivity index (χ1n) is 12.6. The summed E-state index contributed by atoms with van der Waals surface area (Å²) < 4.78 is 11.7. The maximum absolute atomic E-state index is 12.8. The third kappa shape index (κ3) is 8.69. The molecule has 0 radical (unpaired) electrons. The van der Waals surface area contributed by atoms with Crippen molar-refractivity contribution in [1.29, 1.82) is 0 Å². The summed E-state index contributed by atoms with van der Waals surface area (Å²) in [5.41, 5.74) is 4.36. The molecule has 0 unspecified atom stereocenters. The lowest BCUT2D eigenvalue weighted by molar-refractivity contribution is -0.384. The molecule has 0 saturated heterocycles. The minimum absolute atomic E-state index is 0.0660. The molecule has 44 heavy (non-hydrogen) atoms. The summed E-state index contributed by atoms with van der Waals surface area (Å²) in [5, 5.41) is 17.6. The van der Waals surface area contributed by atoms with Crippen molar-refractivity contribution in [3.8, 4) is 11.5 Å². The summed E-state index contributed by atoms with van der Waals surface area (Å²) in [7, 11) is 1.54. The molecule has 4 aromatic rings. The lowest BCUT2D eigenvalue weighted by Gasteiger charge is -2.09. The zero-order valence-corrected chi connectivity index (χ0v) is 26.0. The molecule has 4 aromatic carbocycles. The second kappa shape index (κ2) is 14.8. The molecule has 2 N–H and O–H groups in total. The van der Waals surface area contributed by atoms with E-state index in [0.717, 1.165) is 0 Å². The largest absolute Gasteiger partial charge is 0.497 e. The van der Waals surface area contributed by atoms with E-state index in [4.69, 9.17) is 9.47 Å². The van der Waals surface area contributed by atoms with Crippen molar-refractivity contribution in [1.82, 2.24) is 5.43 Å². The third-order valence-corrected chi connectivity index (χ3v) is 6.91. The van der Waals surface area contributed by atoms with Gasteiger partial charge < -0.3 is 14.8 Å². The minimum atomic E-state index is -0.710. The van der Waals surface area contributed by atoms with Gasteiger partial charge >= 0.3 is 5.97 Å². The molecule has 11 nitrogen and oxygen atoms in total. The number of anilines is 1. The molecular weight excluding hydrogens is 700 g/mol. The van der Waals surface area contributed by atoms with Gasteiger partial charge in [-0.05, 0) is 94.3 Å². The fourth-order valence-corrected chi connectivity index (χ4v) is 5.04. The number of amides is 2. The predicted molar refractivity (Wildman–Crippen MR) is 172 cm³/mol. The number of carbonyl (C=O) groups is 3. The number of halogens is 2. The van der Waals surface area contributed by atoms with Crippen LogP contribution in [0.15, 0.2) is 105 Å². The number of hydrogen-bond donors (Lipinski definition) is 2. The van der Waals surface area contributed by atoms with Crippen LogP contribution in [0.25, 0.3) is 6.08 Å². The molecule has 0 bridgehead atoms. The molecule has 2 amide bonds. The van der Waals surface area contributed by atoms with Gasteiger partial charge in [-0.15, -0.1) is 0 Å². The van der Waals surface area contributed by atoms with E-state index in [9.17, 15) is 24.5 Å². The Labute approximate surface area is 268 Å². The van der Waals surface area contributed by atoms with Gasteiger partial charge in [0.25, 0.3) is 17.5 Å². The van der Waals surface area contributed by atoms with E-state index in [-0.39, 0.29) is 22.9 Å². The number of esters is 1. The maximum atomic E-state index is 12.8. The first-order valence-corrected chi connectivity index (χ1v) is 14.2. The van der Waals surface area contributed by atoms with Crippen LogP contribution >= 0.6 is 31.9 Å². The van der Waals surface area contributed by atoms with Gasteiger partial charge in [-0.25, -0.2) is 10.2 Å². The number of nitro groups is 1. The standard InChI is InChI=1S/C31H22Br2N4O7/c1-43-26-12-8-20(9-13-26)30(39)35-24-4-2-3-21(16-24)31(40)36-34-18-22-15-23(32)17-27(33)29(22)44-28(38)14-7-19-5-10-25(11-6-19)37(41)42/h2-18H,1H3,(H,35,39)(H,36,40)/b14-7+,34-18?. The number of carbonyl (C=O) groups excluding carboxylic acids is 3. The van der Waals surface area contributed by atoms with E-state index in [1.165, 1.54) is 55.8 Å². The molecule has 0 heterocycles. The lowest BCUT2D eigenvalue weighted by Crippen LogP contribution is -2.18. The van der Waals surface area contributed by atoms with Crippen LogP contribution in [0, 0.1) is 10.1 Å². The topological polar surface area (TPSA) is 149 Å². The number of methoxy groups -OCH3 is 1. The number of nitrogens with zero attached hydrogens (tertiary/aromatic N) is 2. The number of hydrazone groups is 1. The Hall–Kier alpha value is -5.14. The van der Waals surface area contributed by atoms with Gasteiger partial charge in [0.05, 0.1) is 22.7 Å². The maximum Gasteiger partial charge on any atom is 0.336 e. The molecule has 13 heteroatoms. The van der Waals surface area contributed by atoms with Gasteiger partial charge in [0.15, 0.2) is 5.75 Å². The van der Waals surface area contributed by atoms with Crippen molar-refractivity contribution in [2.75, 3.05) is 12.4 Å². The Balaban J connectivity index is 1.41. The molecule has 0 aliphatic rings. The highest BCUT2D eigenvalue weighted by molar-refractivity contribution is 9.11. The molecule has 0 saturated carbocycles. The smallest absolute Gasteiger partial charge is 0.336 e. The summed E-state index contributed by atoms with van der Waals surface area (Å²) in [6.07, 6.45) is 3.95. The molecule has 0 aromatic heterocycles. The van der Waals surface area contributed by atoms with Crippen LogP contribution in [0.1, 0.15) is 31.8 Å². The highest BCUT2D eigenvalue weighted by Crippen LogP contribution is 2.32. The second-order valence-electron chi connectivity index (χ2n) is 8.87. The van der Waals surface area contributed by atoms with Gasteiger partial charge in [0.2, 0.25) is 0 Å². The van der Waals surface area contributed by atoms with Crippen molar-refractivity contribution < 1.29 is 28.8 Å². The second-order valence-corrected chi connectivity index (χ2v) is 10.6. The van der Waals surface area contributed by atoms with Crippen LogP contribution in [0.3, 0.4) is 0 Å². The van der Waals surface area contributed by atoms with Crippen molar-refractivity contribution in [2.45, 2.75) is 0 Å². The molecule has 0 atom stereocenters. The van der Waals surface area contributed by atoms with Crippen LogP contribution in [0.4, 0.5) is 11.4 Å². The third-order valence-electron chi connectivity index (χ3n) is 5.86. The van der Waals surface area contributed by atoms with Crippen LogP contribution in [-0.4, -0.2) is 36.0 Å². The average Bonchev–Trinajstić information content (AvgIpc) is 3.02. The van der Waals surface area contributed by atoms with Gasteiger partial charge in [-0.2, -0.15) is 5.10 Å². The van der Waals surface area contributed by atoms with Gasteiger partial charge in [-0.3, -0.25) is 19.7 Å². The number of nitro benzene ring substituents is 1. The first-order chi connectivity index (χ1) is 21.1. The Morgan fingerprint density at radius 1 is 0.909 bits per heavy atom. The van der Waals surface area contributed by atoms with Gasteiger partial charge in [0.1, 0.15) is 5.75 Å². The van der Waals surface area contributed by atoms with Crippen LogP contribution in [0.5, 0.6) is 11.5 Å². The highest BCUT2D eigenvalue weighted by atomic mass is 79.9. The Morgan fingerprint density at radius 3 is 2.32 bits per heavy atom. The minimum Gasteiger partial charge on any atom is -0.497 e. The monoisotopic (exact) mass is 720 g/mol. The number of hydrogen-bond acceptors (Lipinski definition) is 8. The van der Waals surface area contributed by atoms with E-state index in [1.54, 1.807) is 54.6 Å². The fourth-order valence-electron chi connectivity index (χ4n) is 3.70. The molecular formula is C31H22Br2N4O7. The quantitative estimate of drug-likeness (QED) is 0.0459. The zero-order valence-electron chi connectivity index (χ0n) is 22.8. The Bertz CT molecular complexity index is 1770. The van der Waals surface area contributed by atoms with Crippen molar-refractivity contribution >= 4 is 73.3 Å². The van der Waals surface area contributed by atoms with E-state index in [2.05, 4.69) is 47.7 Å². The molecule has 0 fully saturated rings. The first kappa shape index (κ1) is 31.8. The van der Waals surface area contributed by atoms with E-state index >= 15 is 0 Å².